The van der Waals surface area contributed by atoms with Gasteiger partial charge in [-0.2, -0.15) is 0 Å². The summed E-state index contributed by atoms with van der Waals surface area (Å²) in [6, 6.07) is 0. The van der Waals surface area contributed by atoms with E-state index in [1.807, 2.05) is 0 Å². The van der Waals surface area contributed by atoms with Gasteiger partial charge in [0, 0.05) is 5.22 Å². The van der Waals surface area contributed by atoms with Crippen LogP contribution in [0.1, 0.15) is 13.8 Å². The average molecular weight is 207 g/mol. The minimum Gasteiger partial charge on any atom is -1.00 e. The Balaban J connectivity index is 0.000000810. The number of nitrogens with zero attached hydrogens (tertiary/aromatic N) is 4. The molecule has 0 N–H and O–H groups in total. The molecule has 58 valence electrons. The van der Waals surface area contributed by atoms with Gasteiger partial charge in [-0.15, -0.1) is 4.59 Å². The van der Waals surface area contributed by atoms with Gasteiger partial charge in [-0.25, -0.2) is 0 Å². The van der Waals surface area contributed by atoms with Gasteiger partial charge >= 0.3 is 0 Å². The van der Waals surface area contributed by atoms with Gasteiger partial charge in [0.1, 0.15) is 13.1 Å². The Kier molecular flexibility index (Phi) is 3.67. The van der Waals surface area contributed by atoms with Crippen molar-refractivity contribution in [1.82, 2.24) is 0 Å². The van der Waals surface area contributed by atoms with E-state index in [1.54, 1.807) is 6.34 Å². The van der Waals surface area contributed by atoms with Crippen molar-refractivity contribution in [3.8, 4) is 0 Å². The van der Waals surface area contributed by atoms with Gasteiger partial charge in [-0.05, 0) is 13.8 Å². The lowest BCUT2D eigenvalue weighted by Crippen LogP contribution is -3.00. The molecule has 4 nitrogen and oxygen atoms in total. The lowest BCUT2D eigenvalue weighted by atomic mass is 10.5. The molecule has 0 fully saturated rings. The maximum atomic E-state index is 3.94. The van der Waals surface area contributed by atoms with Gasteiger partial charge < -0.3 is 17.0 Å². The number of hydrogen-bond donors (Lipinski definition) is 0. The molecule has 0 spiro atoms. The van der Waals surface area contributed by atoms with Crippen molar-refractivity contribution in [2.75, 3.05) is 13.1 Å². The minimum absolute atomic E-state index is 0. The molecule has 1 aliphatic rings. The van der Waals surface area contributed by atoms with Crippen LogP contribution in [0, 0.1) is 0 Å². The Bertz CT molecular complexity index is 136. The van der Waals surface area contributed by atoms with Crippen LogP contribution in [0.25, 0.3) is 0 Å². The SMILES string of the molecule is CC[N+]1(CC)C=NN=N1.[Br-]. The molecule has 0 saturated heterocycles. The molecule has 0 bridgehead atoms. The third kappa shape index (κ3) is 1.60. The summed E-state index contributed by atoms with van der Waals surface area (Å²) in [6.07, 6.45) is 1.76. The zero-order valence-electron chi connectivity index (χ0n) is 6.16. The van der Waals surface area contributed by atoms with Crippen molar-refractivity contribution in [3.05, 3.63) is 0 Å². The van der Waals surface area contributed by atoms with Crippen molar-refractivity contribution in [3.63, 3.8) is 0 Å². The molecule has 0 radical (unpaired) electrons. The first-order valence-electron chi connectivity index (χ1n) is 3.16. The highest BCUT2D eigenvalue weighted by Crippen LogP contribution is 2.09. The maximum absolute atomic E-state index is 3.94. The molecule has 1 heterocycles. The van der Waals surface area contributed by atoms with E-state index in [-0.39, 0.29) is 17.0 Å². The molecule has 0 atom stereocenters. The van der Waals surface area contributed by atoms with E-state index in [2.05, 4.69) is 29.4 Å². The van der Waals surface area contributed by atoms with Crippen LogP contribution in [0.15, 0.2) is 15.5 Å². The Hall–Kier alpha value is -0.290. The van der Waals surface area contributed by atoms with Gasteiger partial charge in [-0.1, -0.05) is 5.10 Å². The number of halogens is 1. The second-order valence-electron chi connectivity index (χ2n) is 2.03. The Morgan fingerprint density at radius 2 is 1.90 bits per heavy atom. The fourth-order valence-electron chi connectivity index (χ4n) is 0.758. The fraction of sp³-hybridized carbons (Fsp3) is 0.800. The molecule has 0 aromatic heterocycles. The highest BCUT2D eigenvalue weighted by molar-refractivity contribution is 5.46. The zero-order valence-corrected chi connectivity index (χ0v) is 7.74. The van der Waals surface area contributed by atoms with Crippen molar-refractivity contribution >= 4 is 6.34 Å². The monoisotopic (exact) mass is 206 g/mol. The third-order valence-electron chi connectivity index (χ3n) is 1.63. The van der Waals surface area contributed by atoms with Crippen molar-refractivity contribution in [2.24, 2.45) is 15.5 Å². The van der Waals surface area contributed by atoms with E-state index in [1.165, 1.54) is 0 Å². The molecule has 0 aromatic rings. The van der Waals surface area contributed by atoms with E-state index in [0.717, 1.165) is 13.1 Å². The Labute approximate surface area is 71.0 Å². The van der Waals surface area contributed by atoms with Crippen molar-refractivity contribution in [1.29, 1.82) is 0 Å². The van der Waals surface area contributed by atoms with Gasteiger partial charge in [0.15, 0.2) is 0 Å². The zero-order chi connectivity index (χ0) is 6.74. The maximum Gasteiger partial charge on any atom is 0.239 e. The van der Waals surface area contributed by atoms with Gasteiger partial charge in [0.05, 0.1) is 5.22 Å². The van der Waals surface area contributed by atoms with Crippen LogP contribution in [0.2, 0.25) is 0 Å². The molecule has 5 heteroatoms. The predicted octanol–water partition coefficient (Wildman–Crippen LogP) is -1.83. The summed E-state index contributed by atoms with van der Waals surface area (Å²) in [5.41, 5.74) is 0. The Morgan fingerprint density at radius 1 is 1.30 bits per heavy atom. The second kappa shape index (κ2) is 3.78. The summed E-state index contributed by atoms with van der Waals surface area (Å²) in [4.78, 5) is 0. The summed E-state index contributed by atoms with van der Waals surface area (Å²) in [5.74, 6) is 0. The molecule has 0 saturated carbocycles. The topological polar surface area (TPSA) is 37.1 Å². The van der Waals surface area contributed by atoms with Crippen LogP contribution >= 0.6 is 0 Å². The third-order valence-corrected chi connectivity index (χ3v) is 1.63. The van der Waals surface area contributed by atoms with E-state index < -0.39 is 0 Å². The van der Waals surface area contributed by atoms with Crippen molar-refractivity contribution in [2.45, 2.75) is 13.8 Å². The number of hydrogen-bond acceptors (Lipinski definition) is 3. The molecule has 10 heavy (non-hydrogen) atoms. The first kappa shape index (κ1) is 9.71. The average Bonchev–Trinajstić information content (AvgIpc) is 2.36. The molecule has 1 rings (SSSR count). The van der Waals surface area contributed by atoms with Crippen molar-refractivity contribution < 1.29 is 21.6 Å². The molecule has 1 aliphatic heterocycles. The van der Waals surface area contributed by atoms with Gasteiger partial charge in [0.25, 0.3) is 0 Å². The van der Waals surface area contributed by atoms with Crippen LogP contribution in [0.4, 0.5) is 0 Å². The first-order chi connectivity index (χ1) is 4.33. The smallest absolute Gasteiger partial charge is 0.239 e. The van der Waals surface area contributed by atoms with E-state index in [0.29, 0.717) is 4.59 Å². The predicted molar refractivity (Wildman–Crippen MR) is 34.7 cm³/mol. The van der Waals surface area contributed by atoms with Crippen LogP contribution in [-0.2, 0) is 0 Å². The van der Waals surface area contributed by atoms with Crippen LogP contribution < -0.4 is 17.0 Å². The summed E-state index contributed by atoms with van der Waals surface area (Å²) in [5, 5.41) is 11.2. The molecular formula is C5H11BrN4. The lowest BCUT2D eigenvalue weighted by Gasteiger charge is -2.17. The highest BCUT2D eigenvalue weighted by Gasteiger charge is 2.24. The van der Waals surface area contributed by atoms with Crippen LogP contribution in [0.3, 0.4) is 0 Å². The largest absolute Gasteiger partial charge is 1.00 e. The van der Waals surface area contributed by atoms with Crippen LogP contribution in [-0.4, -0.2) is 24.0 Å². The molecule has 0 aliphatic carbocycles. The normalized spacial score (nSPS) is 19.0. The summed E-state index contributed by atoms with van der Waals surface area (Å²) >= 11 is 0. The minimum atomic E-state index is 0. The van der Waals surface area contributed by atoms with E-state index in [4.69, 9.17) is 0 Å². The first-order valence-corrected chi connectivity index (χ1v) is 3.16. The number of rotatable bonds is 2. The van der Waals surface area contributed by atoms with Gasteiger partial charge in [0.2, 0.25) is 6.34 Å². The summed E-state index contributed by atoms with van der Waals surface area (Å²) in [7, 11) is 0. The molecule has 0 aromatic carbocycles. The van der Waals surface area contributed by atoms with Crippen LogP contribution in [0.5, 0.6) is 0 Å². The molecular weight excluding hydrogens is 196 g/mol. The standard InChI is InChI=1S/C5H11N4.BrH/c1-3-9(4-2)5-6-7-8-9;/h5H,3-4H2,1-2H3;1H/q+1;/p-1. The van der Waals surface area contributed by atoms with E-state index in [9.17, 15) is 0 Å². The highest BCUT2D eigenvalue weighted by atomic mass is 79.9. The fourth-order valence-corrected chi connectivity index (χ4v) is 0.758. The molecule has 0 amide bonds. The second-order valence-corrected chi connectivity index (χ2v) is 2.03. The molecule has 0 unspecified atom stereocenters. The Morgan fingerprint density at radius 3 is 2.10 bits per heavy atom. The quantitative estimate of drug-likeness (QED) is 0.478. The van der Waals surface area contributed by atoms with Gasteiger partial charge in [-0.3, -0.25) is 0 Å². The summed E-state index contributed by atoms with van der Waals surface area (Å²) in [6.45, 7) is 6.01. The van der Waals surface area contributed by atoms with E-state index >= 15 is 0 Å². The number of quaternary nitrogens is 1. The summed E-state index contributed by atoms with van der Waals surface area (Å²) < 4.78 is 0.556. The lowest BCUT2D eigenvalue weighted by molar-refractivity contribution is -0.839.